The van der Waals surface area contributed by atoms with E-state index in [9.17, 15) is 9.59 Å². The van der Waals surface area contributed by atoms with Crippen molar-refractivity contribution in [3.63, 3.8) is 0 Å². The summed E-state index contributed by atoms with van der Waals surface area (Å²) < 4.78 is 5.41. The normalized spacial score (nSPS) is 15.9. The van der Waals surface area contributed by atoms with Gasteiger partial charge in [-0.05, 0) is 47.2 Å². The van der Waals surface area contributed by atoms with Gasteiger partial charge in [0.2, 0.25) is 0 Å². The van der Waals surface area contributed by atoms with Crippen molar-refractivity contribution in [1.29, 1.82) is 0 Å². The second kappa shape index (κ2) is 11.0. The lowest BCUT2D eigenvalue weighted by atomic mass is 9.98. The SMILES string of the molecule is O=C(Nc1ccc(N2CCc3ccccc3C2)c(C(=O)NCCN2CCOCC2)c1)c1cccs1. The highest BCUT2D eigenvalue weighted by atomic mass is 32.1. The average Bonchev–Trinajstić information content (AvgIpc) is 3.44. The molecule has 2 N–H and O–H groups in total. The Bertz CT molecular complexity index is 1170. The van der Waals surface area contributed by atoms with Crippen LogP contribution in [-0.4, -0.2) is 62.7 Å². The molecule has 7 nitrogen and oxygen atoms in total. The van der Waals surface area contributed by atoms with Gasteiger partial charge in [-0.1, -0.05) is 30.3 Å². The Kier molecular flexibility index (Phi) is 7.42. The van der Waals surface area contributed by atoms with Gasteiger partial charge >= 0.3 is 0 Å². The summed E-state index contributed by atoms with van der Waals surface area (Å²) in [6, 6.07) is 17.7. The lowest BCUT2D eigenvalue weighted by Crippen LogP contribution is -2.41. The molecule has 0 radical (unpaired) electrons. The van der Waals surface area contributed by atoms with E-state index in [4.69, 9.17) is 4.74 Å². The molecular formula is C27H30N4O3S. The molecule has 2 aromatic carbocycles. The van der Waals surface area contributed by atoms with Gasteiger partial charge in [-0.3, -0.25) is 14.5 Å². The van der Waals surface area contributed by atoms with E-state index in [1.54, 1.807) is 12.1 Å². The molecule has 0 atom stereocenters. The molecule has 0 spiro atoms. The van der Waals surface area contributed by atoms with Crippen LogP contribution in [0.4, 0.5) is 11.4 Å². The Labute approximate surface area is 209 Å². The Morgan fingerprint density at radius 2 is 1.77 bits per heavy atom. The summed E-state index contributed by atoms with van der Waals surface area (Å²) in [7, 11) is 0. The number of fused-ring (bicyclic) bond motifs is 1. The first-order valence-electron chi connectivity index (χ1n) is 12.1. The number of hydrogen-bond acceptors (Lipinski definition) is 6. The maximum Gasteiger partial charge on any atom is 0.265 e. The van der Waals surface area contributed by atoms with E-state index in [1.807, 2.05) is 23.6 Å². The molecule has 2 amide bonds. The minimum atomic E-state index is -0.168. The maximum absolute atomic E-state index is 13.4. The fraction of sp³-hybridized carbons (Fsp3) is 0.333. The van der Waals surface area contributed by atoms with Gasteiger partial charge in [-0.2, -0.15) is 0 Å². The first-order chi connectivity index (χ1) is 17.2. The molecule has 0 aliphatic carbocycles. The van der Waals surface area contributed by atoms with E-state index in [0.29, 0.717) is 22.7 Å². The third-order valence-corrected chi connectivity index (χ3v) is 7.40. The van der Waals surface area contributed by atoms with Gasteiger partial charge in [0.05, 0.1) is 23.7 Å². The molecule has 0 bridgehead atoms. The van der Waals surface area contributed by atoms with Crippen LogP contribution in [0.15, 0.2) is 60.0 Å². The zero-order valence-corrected chi connectivity index (χ0v) is 20.5. The number of benzene rings is 2. The number of morpholine rings is 1. The number of carbonyl (C=O) groups excluding carboxylic acids is 2. The zero-order valence-electron chi connectivity index (χ0n) is 19.7. The molecule has 1 fully saturated rings. The van der Waals surface area contributed by atoms with Crippen LogP contribution in [0.1, 0.15) is 31.2 Å². The highest BCUT2D eigenvalue weighted by Crippen LogP contribution is 2.30. The number of carbonyl (C=O) groups is 2. The van der Waals surface area contributed by atoms with Crippen LogP contribution in [0.3, 0.4) is 0 Å². The number of hydrogen-bond donors (Lipinski definition) is 2. The summed E-state index contributed by atoms with van der Waals surface area (Å²) in [5, 5.41) is 7.91. The minimum absolute atomic E-state index is 0.126. The van der Waals surface area contributed by atoms with Crippen LogP contribution >= 0.6 is 11.3 Å². The molecule has 1 aromatic heterocycles. The monoisotopic (exact) mass is 490 g/mol. The Morgan fingerprint density at radius 3 is 2.57 bits per heavy atom. The van der Waals surface area contributed by atoms with Crippen molar-refractivity contribution in [2.75, 3.05) is 56.2 Å². The number of anilines is 2. The van der Waals surface area contributed by atoms with Crippen molar-refractivity contribution >= 4 is 34.5 Å². The standard InChI is InChI=1S/C27H30N4O3S/c32-26(28-10-12-30-13-15-34-16-14-30)23-18-22(29-27(33)25-6-3-17-35-25)7-8-24(23)31-11-9-20-4-1-2-5-21(20)19-31/h1-8,17-18H,9-16,19H2,(H,28,32)(H,29,33). The largest absolute Gasteiger partial charge is 0.379 e. The number of nitrogens with zero attached hydrogens (tertiary/aromatic N) is 2. The molecule has 0 unspecified atom stereocenters. The van der Waals surface area contributed by atoms with Gasteiger partial charge in [0.1, 0.15) is 0 Å². The molecule has 3 aromatic rings. The fourth-order valence-corrected chi connectivity index (χ4v) is 5.24. The second-order valence-electron chi connectivity index (χ2n) is 8.81. The second-order valence-corrected chi connectivity index (χ2v) is 9.76. The predicted octanol–water partition coefficient (Wildman–Crippen LogP) is 3.63. The van der Waals surface area contributed by atoms with Crippen molar-refractivity contribution in [3.8, 4) is 0 Å². The van der Waals surface area contributed by atoms with Gasteiger partial charge in [0.15, 0.2) is 0 Å². The molecule has 2 aliphatic heterocycles. The molecule has 2 aliphatic rings. The molecular weight excluding hydrogens is 460 g/mol. The summed E-state index contributed by atoms with van der Waals surface area (Å²) in [4.78, 5) is 31.2. The van der Waals surface area contributed by atoms with Crippen molar-refractivity contribution in [3.05, 3.63) is 81.5 Å². The Morgan fingerprint density at radius 1 is 0.943 bits per heavy atom. The predicted molar refractivity (Wildman–Crippen MR) is 140 cm³/mol. The first-order valence-corrected chi connectivity index (χ1v) is 12.9. The van der Waals surface area contributed by atoms with Gasteiger partial charge in [-0.15, -0.1) is 11.3 Å². The number of amides is 2. The summed E-state index contributed by atoms with van der Waals surface area (Å²) in [5.41, 5.74) is 4.73. The molecule has 35 heavy (non-hydrogen) atoms. The van der Waals surface area contributed by atoms with E-state index in [-0.39, 0.29) is 11.8 Å². The van der Waals surface area contributed by atoms with Crippen LogP contribution in [-0.2, 0) is 17.7 Å². The molecule has 8 heteroatoms. The quantitative estimate of drug-likeness (QED) is 0.529. The first kappa shape index (κ1) is 23.5. The van der Waals surface area contributed by atoms with Crippen molar-refractivity contribution < 1.29 is 14.3 Å². The minimum Gasteiger partial charge on any atom is -0.379 e. The molecule has 5 rings (SSSR count). The summed E-state index contributed by atoms with van der Waals surface area (Å²) >= 11 is 1.39. The number of ether oxygens (including phenoxy) is 1. The van der Waals surface area contributed by atoms with Crippen LogP contribution < -0.4 is 15.5 Å². The van der Waals surface area contributed by atoms with E-state index in [2.05, 4.69) is 44.7 Å². The highest BCUT2D eigenvalue weighted by Gasteiger charge is 2.22. The lowest BCUT2D eigenvalue weighted by Gasteiger charge is -2.32. The molecule has 1 saturated heterocycles. The third kappa shape index (κ3) is 5.73. The van der Waals surface area contributed by atoms with Crippen LogP contribution in [0, 0.1) is 0 Å². The highest BCUT2D eigenvalue weighted by molar-refractivity contribution is 7.12. The van der Waals surface area contributed by atoms with E-state index in [0.717, 1.165) is 58.0 Å². The van der Waals surface area contributed by atoms with Gasteiger partial charge in [0, 0.05) is 50.6 Å². The Balaban J connectivity index is 1.35. The lowest BCUT2D eigenvalue weighted by molar-refractivity contribution is 0.0383. The topological polar surface area (TPSA) is 73.9 Å². The van der Waals surface area contributed by atoms with Gasteiger partial charge in [-0.25, -0.2) is 0 Å². The smallest absolute Gasteiger partial charge is 0.265 e. The third-order valence-electron chi connectivity index (χ3n) is 6.53. The molecule has 182 valence electrons. The average molecular weight is 491 g/mol. The zero-order chi connectivity index (χ0) is 24.0. The van der Waals surface area contributed by atoms with Crippen LogP contribution in [0.5, 0.6) is 0 Å². The van der Waals surface area contributed by atoms with E-state index >= 15 is 0 Å². The Hall–Kier alpha value is -3.20. The molecule has 0 saturated carbocycles. The number of thiophene rings is 1. The summed E-state index contributed by atoms with van der Waals surface area (Å²) in [6.45, 7) is 6.19. The summed E-state index contributed by atoms with van der Waals surface area (Å²) in [6.07, 6.45) is 0.936. The van der Waals surface area contributed by atoms with Crippen molar-refractivity contribution in [2.24, 2.45) is 0 Å². The van der Waals surface area contributed by atoms with Gasteiger partial charge < -0.3 is 20.3 Å². The summed E-state index contributed by atoms with van der Waals surface area (Å²) in [5.74, 6) is -0.294. The van der Waals surface area contributed by atoms with Crippen molar-refractivity contribution in [2.45, 2.75) is 13.0 Å². The van der Waals surface area contributed by atoms with Crippen LogP contribution in [0.2, 0.25) is 0 Å². The van der Waals surface area contributed by atoms with Crippen LogP contribution in [0.25, 0.3) is 0 Å². The van der Waals surface area contributed by atoms with Crippen molar-refractivity contribution in [1.82, 2.24) is 10.2 Å². The molecule has 3 heterocycles. The fourth-order valence-electron chi connectivity index (χ4n) is 4.62. The number of rotatable bonds is 7. The van der Waals surface area contributed by atoms with Gasteiger partial charge in [0.25, 0.3) is 11.8 Å². The number of nitrogens with one attached hydrogen (secondary N) is 2. The maximum atomic E-state index is 13.4. The van der Waals surface area contributed by atoms with E-state index in [1.165, 1.54) is 22.5 Å². The van der Waals surface area contributed by atoms with E-state index < -0.39 is 0 Å².